The SMILES string of the molecule is O=C(NCC(=O)N1CCc2ccccc2C1)c1cccc(Cl)c1. The van der Waals surface area contributed by atoms with E-state index in [0.717, 1.165) is 6.42 Å². The van der Waals surface area contributed by atoms with Gasteiger partial charge in [-0.05, 0) is 35.7 Å². The van der Waals surface area contributed by atoms with Crippen LogP contribution in [0, 0.1) is 0 Å². The van der Waals surface area contributed by atoms with Crippen LogP contribution < -0.4 is 5.32 Å². The van der Waals surface area contributed by atoms with E-state index in [2.05, 4.69) is 11.4 Å². The molecule has 0 bridgehead atoms. The molecule has 3 rings (SSSR count). The molecule has 1 heterocycles. The Bertz CT molecular complexity index is 745. The van der Waals surface area contributed by atoms with Gasteiger partial charge in [0.2, 0.25) is 5.91 Å². The fourth-order valence-corrected chi connectivity index (χ4v) is 2.90. The summed E-state index contributed by atoms with van der Waals surface area (Å²) in [6.07, 6.45) is 0.851. The molecule has 23 heavy (non-hydrogen) atoms. The maximum atomic E-state index is 12.3. The molecule has 2 aromatic carbocycles. The summed E-state index contributed by atoms with van der Waals surface area (Å²) in [5.41, 5.74) is 2.92. The second kappa shape index (κ2) is 6.84. The van der Waals surface area contributed by atoms with Crippen molar-refractivity contribution >= 4 is 23.4 Å². The molecule has 0 aliphatic carbocycles. The minimum atomic E-state index is -0.293. The third kappa shape index (κ3) is 3.71. The number of nitrogens with zero attached hydrogens (tertiary/aromatic N) is 1. The third-order valence-electron chi connectivity index (χ3n) is 3.97. The first-order valence-electron chi connectivity index (χ1n) is 7.52. The number of carbonyl (C=O) groups is 2. The molecule has 0 atom stereocenters. The number of rotatable bonds is 3. The van der Waals surface area contributed by atoms with Crippen LogP contribution in [0.1, 0.15) is 21.5 Å². The lowest BCUT2D eigenvalue weighted by atomic mass is 10.00. The van der Waals surface area contributed by atoms with Gasteiger partial charge >= 0.3 is 0 Å². The number of carbonyl (C=O) groups excluding carboxylic acids is 2. The van der Waals surface area contributed by atoms with Gasteiger partial charge in [0.15, 0.2) is 0 Å². The van der Waals surface area contributed by atoms with Gasteiger partial charge in [-0.2, -0.15) is 0 Å². The van der Waals surface area contributed by atoms with Crippen molar-refractivity contribution in [3.05, 3.63) is 70.2 Å². The molecule has 118 valence electrons. The summed E-state index contributed by atoms with van der Waals surface area (Å²) in [5, 5.41) is 3.16. The molecule has 2 amide bonds. The van der Waals surface area contributed by atoms with Crippen LogP contribution >= 0.6 is 11.6 Å². The van der Waals surface area contributed by atoms with Gasteiger partial charge in [0.25, 0.3) is 5.91 Å². The fraction of sp³-hybridized carbons (Fsp3) is 0.222. The highest BCUT2D eigenvalue weighted by molar-refractivity contribution is 6.30. The van der Waals surface area contributed by atoms with Crippen molar-refractivity contribution in [3.8, 4) is 0 Å². The molecular weight excluding hydrogens is 312 g/mol. The van der Waals surface area contributed by atoms with Crippen molar-refractivity contribution in [2.45, 2.75) is 13.0 Å². The van der Waals surface area contributed by atoms with E-state index in [0.29, 0.717) is 23.7 Å². The van der Waals surface area contributed by atoms with Gasteiger partial charge in [0.05, 0.1) is 6.54 Å². The van der Waals surface area contributed by atoms with E-state index in [1.165, 1.54) is 11.1 Å². The molecule has 4 nitrogen and oxygen atoms in total. The molecule has 2 aromatic rings. The fourth-order valence-electron chi connectivity index (χ4n) is 2.71. The topological polar surface area (TPSA) is 49.4 Å². The zero-order chi connectivity index (χ0) is 16.2. The highest BCUT2D eigenvalue weighted by Gasteiger charge is 2.20. The van der Waals surface area contributed by atoms with E-state index >= 15 is 0 Å². The second-order valence-corrected chi connectivity index (χ2v) is 5.96. The second-order valence-electron chi connectivity index (χ2n) is 5.53. The Hall–Kier alpha value is -2.33. The van der Waals surface area contributed by atoms with Gasteiger partial charge in [-0.1, -0.05) is 41.9 Å². The minimum Gasteiger partial charge on any atom is -0.343 e. The van der Waals surface area contributed by atoms with Gasteiger partial charge in [-0.15, -0.1) is 0 Å². The van der Waals surface area contributed by atoms with E-state index in [9.17, 15) is 9.59 Å². The summed E-state index contributed by atoms with van der Waals surface area (Å²) in [6.45, 7) is 1.28. The molecule has 0 saturated carbocycles. The van der Waals surface area contributed by atoms with Gasteiger partial charge in [0.1, 0.15) is 0 Å². The van der Waals surface area contributed by atoms with Crippen molar-refractivity contribution in [1.29, 1.82) is 0 Å². The van der Waals surface area contributed by atoms with Crippen molar-refractivity contribution in [2.24, 2.45) is 0 Å². The lowest BCUT2D eigenvalue weighted by molar-refractivity contribution is -0.131. The maximum Gasteiger partial charge on any atom is 0.251 e. The molecule has 1 N–H and O–H groups in total. The number of halogens is 1. The molecule has 0 fully saturated rings. The minimum absolute atomic E-state index is 0.00643. The van der Waals surface area contributed by atoms with Crippen molar-refractivity contribution in [2.75, 3.05) is 13.1 Å². The Balaban J connectivity index is 1.57. The quantitative estimate of drug-likeness (QED) is 0.941. The summed E-state index contributed by atoms with van der Waals surface area (Å²) in [6, 6.07) is 14.8. The van der Waals surface area contributed by atoms with Gasteiger partial charge in [-0.3, -0.25) is 9.59 Å². The Morgan fingerprint density at radius 2 is 1.87 bits per heavy atom. The van der Waals surface area contributed by atoms with Crippen LogP contribution in [0.4, 0.5) is 0 Å². The number of benzene rings is 2. The Morgan fingerprint density at radius 3 is 2.65 bits per heavy atom. The highest BCUT2D eigenvalue weighted by Crippen LogP contribution is 2.18. The van der Waals surface area contributed by atoms with Crippen LogP contribution in [0.2, 0.25) is 5.02 Å². The van der Waals surface area contributed by atoms with Crippen molar-refractivity contribution < 1.29 is 9.59 Å². The van der Waals surface area contributed by atoms with Crippen LogP contribution in [-0.2, 0) is 17.8 Å². The Morgan fingerprint density at radius 1 is 1.09 bits per heavy atom. The van der Waals surface area contributed by atoms with Crippen LogP contribution in [-0.4, -0.2) is 29.8 Å². The van der Waals surface area contributed by atoms with Crippen LogP contribution in [0.5, 0.6) is 0 Å². The molecule has 1 aliphatic rings. The van der Waals surface area contributed by atoms with Crippen LogP contribution in [0.3, 0.4) is 0 Å². The predicted molar refractivity (Wildman–Crippen MR) is 89.3 cm³/mol. The monoisotopic (exact) mass is 328 g/mol. The molecular formula is C18H17ClN2O2. The summed E-state index contributed by atoms with van der Waals surface area (Å²) >= 11 is 5.87. The summed E-state index contributed by atoms with van der Waals surface area (Å²) < 4.78 is 0. The van der Waals surface area contributed by atoms with E-state index in [1.807, 2.05) is 18.2 Å². The normalized spacial score (nSPS) is 13.3. The lowest BCUT2D eigenvalue weighted by Crippen LogP contribution is -2.42. The lowest BCUT2D eigenvalue weighted by Gasteiger charge is -2.29. The number of fused-ring (bicyclic) bond motifs is 1. The zero-order valence-electron chi connectivity index (χ0n) is 12.6. The third-order valence-corrected chi connectivity index (χ3v) is 4.21. The summed E-state index contributed by atoms with van der Waals surface area (Å²) in [7, 11) is 0. The molecule has 0 aromatic heterocycles. The Kier molecular flexibility index (Phi) is 4.63. The van der Waals surface area contributed by atoms with E-state index in [-0.39, 0.29) is 18.4 Å². The first-order valence-corrected chi connectivity index (χ1v) is 7.89. The van der Waals surface area contributed by atoms with Crippen molar-refractivity contribution in [3.63, 3.8) is 0 Å². The molecule has 1 aliphatic heterocycles. The number of hydrogen-bond donors (Lipinski definition) is 1. The molecule has 0 unspecified atom stereocenters. The largest absolute Gasteiger partial charge is 0.343 e. The summed E-state index contributed by atoms with van der Waals surface area (Å²) in [5.74, 6) is -0.367. The number of hydrogen-bond acceptors (Lipinski definition) is 2. The molecule has 0 radical (unpaired) electrons. The smallest absolute Gasteiger partial charge is 0.251 e. The highest BCUT2D eigenvalue weighted by atomic mass is 35.5. The number of nitrogens with one attached hydrogen (secondary N) is 1. The van der Waals surface area contributed by atoms with E-state index < -0.39 is 0 Å². The first kappa shape index (κ1) is 15.6. The Labute approximate surface area is 140 Å². The van der Waals surface area contributed by atoms with Gasteiger partial charge in [-0.25, -0.2) is 0 Å². The molecule has 0 spiro atoms. The van der Waals surface area contributed by atoms with Gasteiger partial charge < -0.3 is 10.2 Å². The van der Waals surface area contributed by atoms with E-state index in [4.69, 9.17) is 11.6 Å². The van der Waals surface area contributed by atoms with Gasteiger partial charge in [0, 0.05) is 23.7 Å². The average Bonchev–Trinajstić information content (AvgIpc) is 2.59. The molecule has 0 saturated heterocycles. The average molecular weight is 329 g/mol. The van der Waals surface area contributed by atoms with Crippen LogP contribution in [0.15, 0.2) is 48.5 Å². The first-order chi connectivity index (χ1) is 11.1. The summed E-state index contributed by atoms with van der Waals surface area (Å²) in [4.78, 5) is 26.1. The predicted octanol–water partition coefficient (Wildman–Crippen LogP) is 2.65. The number of amides is 2. The van der Waals surface area contributed by atoms with Crippen LogP contribution in [0.25, 0.3) is 0 Å². The molecule has 5 heteroatoms. The maximum absolute atomic E-state index is 12.3. The standard InChI is InChI=1S/C18H17ClN2O2/c19-16-7-3-6-14(10-16)18(23)20-11-17(22)21-9-8-13-4-1-2-5-15(13)12-21/h1-7,10H,8-9,11-12H2,(H,20,23). The van der Waals surface area contributed by atoms with Crippen molar-refractivity contribution in [1.82, 2.24) is 10.2 Å². The zero-order valence-corrected chi connectivity index (χ0v) is 13.3. The van der Waals surface area contributed by atoms with E-state index in [1.54, 1.807) is 29.2 Å².